The molecule has 0 bridgehead atoms. The summed E-state index contributed by atoms with van der Waals surface area (Å²) in [6.45, 7) is 2.92. The highest BCUT2D eigenvalue weighted by molar-refractivity contribution is 8.00. The molecule has 0 spiro atoms. The van der Waals surface area contributed by atoms with Crippen molar-refractivity contribution in [3.63, 3.8) is 0 Å². The minimum absolute atomic E-state index is 0.00951. The van der Waals surface area contributed by atoms with Crippen LogP contribution >= 0.6 is 11.8 Å². The number of hydrogen-bond acceptors (Lipinski definition) is 4. The molecule has 3 rings (SSSR count). The smallest absolute Gasteiger partial charge is 0.238 e. The van der Waals surface area contributed by atoms with Crippen LogP contribution in [-0.2, 0) is 4.79 Å². The van der Waals surface area contributed by atoms with Gasteiger partial charge in [-0.1, -0.05) is 31.9 Å². The number of hydrogen-bond donors (Lipinski definition) is 0. The largest absolute Gasteiger partial charge is 0.497 e. The van der Waals surface area contributed by atoms with Crippen LogP contribution in [0.15, 0.2) is 48.5 Å². The van der Waals surface area contributed by atoms with Gasteiger partial charge in [-0.25, -0.2) is 0 Å². The number of ether oxygens (including phenoxy) is 2. The molecule has 0 radical (unpaired) electrons. The van der Waals surface area contributed by atoms with Crippen LogP contribution in [-0.4, -0.2) is 25.4 Å². The second-order valence-corrected chi connectivity index (χ2v) is 7.32. The first kappa shape index (κ1) is 18.6. The summed E-state index contributed by atoms with van der Waals surface area (Å²) in [5.41, 5.74) is 2.00. The third kappa shape index (κ3) is 4.33. The minimum Gasteiger partial charge on any atom is -0.497 e. The summed E-state index contributed by atoms with van der Waals surface area (Å²) >= 11 is 1.65. The summed E-state index contributed by atoms with van der Waals surface area (Å²) in [4.78, 5) is 14.3. The Bertz CT molecular complexity index is 715. The van der Waals surface area contributed by atoms with E-state index in [1.807, 2.05) is 53.4 Å². The SMILES string of the molecule is CCCCCOc1ccc(N2C(=O)CSC2c2ccc(OC)cc2)cc1. The Morgan fingerprint density at radius 3 is 2.38 bits per heavy atom. The molecule has 1 heterocycles. The highest BCUT2D eigenvalue weighted by Gasteiger charge is 2.34. The first-order valence-electron chi connectivity index (χ1n) is 9.03. The second kappa shape index (κ2) is 8.99. The summed E-state index contributed by atoms with van der Waals surface area (Å²) in [7, 11) is 1.65. The van der Waals surface area contributed by atoms with Crippen LogP contribution in [0.3, 0.4) is 0 Å². The lowest BCUT2D eigenvalue weighted by molar-refractivity contribution is -0.115. The van der Waals surface area contributed by atoms with Crippen molar-refractivity contribution in [2.75, 3.05) is 24.4 Å². The van der Waals surface area contributed by atoms with E-state index in [2.05, 4.69) is 6.92 Å². The molecule has 0 aromatic heterocycles. The normalized spacial score (nSPS) is 16.8. The Morgan fingerprint density at radius 1 is 1.04 bits per heavy atom. The van der Waals surface area contributed by atoms with E-state index in [1.165, 1.54) is 12.8 Å². The number of methoxy groups -OCH3 is 1. The summed E-state index contributed by atoms with van der Waals surface area (Å²) in [6.07, 6.45) is 3.43. The molecule has 1 aliphatic rings. The number of rotatable bonds is 8. The van der Waals surface area contributed by atoms with Gasteiger partial charge in [0.05, 0.1) is 19.5 Å². The molecule has 1 amide bonds. The number of benzene rings is 2. The predicted octanol–water partition coefficient (Wildman–Crippen LogP) is 5.04. The lowest BCUT2D eigenvalue weighted by Gasteiger charge is -2.24. The van der Waals surface area contributed by atoms with Gasteiger partial charge in [-0.3, -0.25) is 9.69 Å². The van der Waals surface area contributed by atoms with Gasteiger partial charge in [0.1, 0.15) is 16.9 Å². The van der Waals surface area contributed by atoms with Crippen LogP contribution in [0.5, 0.6) is 11.5 Å². The zero-order valence-corrected chi connectivity index (χ0v) is 16.1. The molecule has 5 heteroatoms. The molecule has 0 aliphatic carbocycles. The Labute approximate surface area is 159 Å². The Balaban J connectivity index is 1.71. The molecule has 2 aromatic carbocycles. The van der Waals surface area contributed by atoms with Crippen molar-refractivity contribution in [2.45, 2.75) is 31.6 Å². The van der Waals surface area contributed by atoms with E-state index in [9.17, 15) is 4.79 Å². The summed E-state index contributed by atoms with van der Waals surface area (Å²) < 4.78 is 11.0. The summed E-state index contributed by atoms with van der Waals surface area (Å²) in [6, 6.07) is 15.7. The van der Waals surface area contributed by atoms with Gasteiger partial charge in [-0.05, 0) is 48.4 Å². The van der Waals surface area contributed by atoms with Crippen molar-refractivity contribution in [3.05, 3.63) is 54.1 Å². The summed E-state index contributed by atoms with van der Waals surface area (Å²) in [5.74, 6) is 2.29. The van der Waals surface area contributed by atoms with Crippen molar-refractivity contribution >= 4 is 23.4 Å². The van der Waals surface area contributed by atoms with Crippen molar-refractivity contribution in [2.24, 2.45) is 0 Å². The third-order valence-corrected chi connectivity index (χ3v) is 5.61. The highest BCUT2D eigenvalue weighted by Crippen LogP contribution is 2.42. The fraction of sp³-hybridized carbons (Fsp3) is 0.381. The topological polar surface area (TPSA) is 38.8 Å². The molecule has 1 fully saturated rings. The van der Waals surface area contributed by atoms with Crippen LogP contribution in [0.2, 0.25) is 0 Å². The lowest BCUT2D eigenvalue weighted by atomic mass is 10.1. The van der Waals surface area contributed by atoms with Crippen LogP contribution < -0.4 is 14.4 Å². The molecular weight excluding hydrogens is 346 g/mol. The molecule has 4 nitrogen and oxygen atoms in total. The number of carbonyl (C=O) groups excluding carboxylic acids is 1. The number of carbonyl (C=O) groups is 1. The van der Waals surface area contributed by atoms with Crippen LogP contribution in [0, 0.1) is 0 Å². The average molecular weight is 372 g/mol. The van der Waals surface area contributed by atoms with Gasteiger partial charge >= 0.3 is 0 Å². The molecule has 2 aromatic rings. The highest BCUT2D eigenvalue weighted by atomic mass is 32.2. The maximum Gasteiger partial charge on any atom is 0.238 e. The van der Waals surface area contributed by atoms with Gasteiger partial charge in [0.15, 0.2) is 0 Å². The Hall–Kier alpha value is -2.14. The molecule has 1 atom stereocenters. The average Bonchev–Trinajstić information content (AvgIpc) is 3.07. The van der Waals surface area contributed by atoms with Crippen molar-refractivity contribution in [1.29, 1.82) is 0 Å². The van der Waals surface area contributed by atoms with E-state index in [0.29, 0.717) is 5.75 Å². The van der Waals surface area contributed by atoms with Gasteiger partial charge in [0.2, 0.25) is 5.91 Å². The molecule has 138 valence electrons. The number of thioether (sulfide) groups is 1. The van der Waals surface area contributed by atoms with Gasteiger partial charge in [0.25, 0.3) is 0 Å². The molecule has 1 aliphatic heterocycles. The Kier molecular flexibility index (Phi) is 6.45. The Morgan fingerprint density at radius 2 is 1.73 bits per heavy atom. The molecule has 0 saturated carbocycles. The van der Waals surface area contributed by atoms with E-state index in [0.717, 1.165) is 35.8 Å². The van der Waals surface area contributed by atoms with Crippen molar-refractivity contribution < 1.29 is 14.3 Å². The number of anilines is 1. The molecular formula is C21H25NO3S. The van der Waals surface area contributed by atoms with Crippen LogP contribution in [0.4, 0.5) is 5.69 Å². The predicted molar refractivity (Wildman–Crippen MR) is 107 cm³/mol. The van der Waals surface area contributed by atoms with Gasteiger partial charge in [0, 0.05) is 5.69 Å². The lowest BCUT2D eigenvalue weighted by Crippen LogP contribution is -2.27. The fourth-order valence-electron chi connectivity index (χ4n) is 2.96. The first-order chi connectivity index (χ1) is 12.7. The molecule has 1 saturated heterocycles. The van der Waals surface area contributed by atoms with Crippen LogP contribution in [0.25, 0.3) is 0 Å². The van der Waals surface area contributed by atoms with Gasteiger partial charge < -0.3 is 9.47 Å². The minimum atomic E-state index is -0.00951. The van der Waals surface area contributed by atoms with E-state index in [4.69, 9.17) is 9.47 Å². The van der Waals surface area contributed by atoms with Gasteiger partial charge in [-0.2, -0.15) is 0 Å². The first-order valence-corrected chi connectivity index (χ1v) is 10.1. The maximum atomic E-state index is 12.5. The number of nitrogens with zero attached hydrogens (tertiary/aromatic N) is 1. The molecule has 26 heavy (non-hydrogen) atoms. The number of amides is 1. The van der Waals surface area contributed by atoms with Crippen molar-refractivity contribution in [1.82, 2.24) is 0 Å². The van der Waals surface area contributed by atoms with E-state index in [1.54, 1.807) is 18.9 Å². The third-order valence-electron chi connectivity index (χ3n) is 4.40. The monoisotopic (exact) mass is 371 g/mol. The molecule has 1 unspecified atom stereocenters. The van der Waals surface area contributed by atoms with E-state index >= 15 is 0 Å². The van der Waals surface area contributed by atoms with Crippen molar-refractivity contribution in [3.8, 4) is 11.5 Å². The summed E-state index contributed by atoms with van der Waals surface area (Å²) in [5, 5.41) is -0.00951. The number of unbranched alkanes of at least 4 members (excludes halogenated alkanes) is 2. The van der Waals surface area contributed by atoms with Crippen LogP contribution in [0.1, 0.15) is 37.1 Å². The second-order valence-electron chi connectivity index (χ2n) is 6.25. The van der Waals surface area contributed by atoms with Gasteiger partial charge in [-0.15, -0.1) is 11.8 Å². The zero-order valence-electron chi connectivity index (χ0n) is 15.3. The van der Waals surface area contributed by atoms with E-state index in [-0.39, 0.29) is 11.3 Å². The quantitative estimate of drug-likeness (QED) is 0.609. The molecule has 0 N–H and O–H groups in total. The van der Waals surface area contributed by atoms with E-state index < -0.39 is 0 Å². The standard InChI is InChI=1S/C21H25NO3S/c1-3-4-5-14-25-19-12-8-17(9-13-19)22-20(23)15-26-21(22)16-6-10-18(24-2)11-7-16/h6-13,21H,3-5,14-15H2,1-2H3. The zero-order chi connectivity index (χ0) is 18.4. The fourth-order valence-corrected chi connectivity index (χ4v) is 4.14. The maximum absolute atomic E-state index is 12.5.